The molecule has 3 rings (SSSR count). The first kappa shape index (κ1) is 12.0. The van der Waals surface area contributed by atoms with Gasteiger partial charge in [0.2, 0.25) is 0 Å². The lowest BCUT2D eigenvalue weighted by Gasteiger charge is -2.32. The van der Waals surface area contributed by atoms with Crippen LogP contribution in [0.2, 0.25) is 0 Å². The molecule has 0 N–H and O–H groups in total. The zero-order valence-corrected chi connectivity index (χ0v) is 11.0. The summed E-state index contributed by atoms with van der Waals surface area (Å²) >= 11 is 0. The Labute approximate surface area is 110 Å². The van der Waals surface area contributed by atoms with E-state index in [2.05, 4.69) is 30.3 Å². The Morgan fingerprint density at radius 3 is 2.39 bits per heavy atom. The first-order valence-electron chi connectivity index (χ1n) is 7.42. The van der Waals surface area contributed by atoms with Crippen molar-refractivity contribution in [2.24, 2.45) is 11.8 Å². The van der Waals surface area contributed by atoms with Gasteiger partial charge in [0.25, 0.3) is 0 Å². The maximum atomic E-state index is 12.2. The van der Waals surface area contributed by atoms with Crippen molar-refractivity contribution < 1.29 is 4.79 Å². The second-order valence-electron chi connectivity index (χ2n) is 6.00. The first-order chi connectivity index (χ1) is 8.84. The van der Waals surface area contributed by atoms with Crippen LogP contribution in [-0.2, 0) is 4.79 Å². The topological polar surface area (TPSA) is 17.1 Å². The number of carbonyl (C=O) groups is 1. The third-order valence-electron chi connectivity index (χ3n) is 4.93. The van der Waals surface area contributed by atoms with Crippen LogP contribution in [0.4, 0.5) is 0 Å². The third-order valence-corrected chi connectivity index (χ3v) is 4.93. The van der Waals surface area contributed by atoms with Crippen LogP contribution in [0.25, 0.3) is 0 Å². The van der Waals surface area contributed by atoms with Gasteiger partial charge in [-0.25, -0.2) is 0 Å². The molecule has 0 aromatic heterocycles. The number of carbonyl (C=O) groups excluding carboxylic acids is 1. The summed E-state index contributed by atoms with van der Waals surface area (Å²) in [6.45, 7) is 0. The Hall–Kier alpha value is -1.11. The van der Waals surface area contributed by atoms with Crippen LogP contribution in [-0.4, -0.2) is 5.78 Å². The van der Waals surface area contributed by atoms with Gasteiger partial charge in [0.05, 0.1) is 0 Å². The van der Waals surface area contributed by atoms with Crippen LogP contribution in [0.3, 0.4) is 0 Å². The summed E-state index contributed by atoms with van der Waals surface area (Å²) in [6.07, 6.45) is 8.23. The van der Waals surface area contributed by atoms with Gasteiger partial charge in [0, 0.05) is 12.3 Å². The Morgan fingerprint density at radius 2 is 1.67 bits per heavy atom. The smallest absolute Gasteiger partial charge is 0.136 e. The average Bonchev–Trinajstić information content (AvgIpc) is 2.94. The molecule has 1 heteroatoms. The maximum absolute atomic E-state index is 12.2. The number of rotatable bonds is 2. The SMILES string of the molecule is O=C1CCC(c2ccccc2)CC1C1CCCC1. The van der Waals surface area contributed by atoms with E-state index >= 15 is 0 Å². The van der Waals surface area contributed by atoms with E-state index in [1.165, 1.54) is 31.2 Å². The van der Waals surface area contributed by atoms with Crippen LogP contribution in [0.5, 0.6) is 0 Å². The lowest BCUT2D eigenvalue weighted by Crippen LogP contribution is -2.29. The van der Waals surface area contributed by atoms with E-state index < -0.39 is 0 Å². The molecule has 0 aliphatic heterocycles. The van der Waals surface area contributed by atoms with Gasteiger partial charge >= 0.3 is 0 Å². The Kier molecular flexibility index (Phi) is 3.49. The minimum Gasteiger partial charge on any atom is -0.299 e. The minimum atomic E-state index is 0.367. The van der Waals surface area contributed by atoms with Gasteiger partial charge in [-0.1, -0.05) is 43.2 Å². The summed E-state index contributed by atoms with van der Waals surface area (Å²) in [6, 6.07) is 10.8. The monoisotopic (exact) mass is 242 g/mol. The standard InChI is InChI=1S/C17H22O/c18-17-11-10-15(13-6-2-1-3-7-13)12-16(17)14-8-4-5-9-14/h1-3,6-7,14-16H,4-5,8-12H2. The van der Waals surface area contributed by atoms with Gasteiger partial charge in [-0.3, -0.25) is 4.79 Å². The highest BCUT2D eigenvalue weighted by Gasteiger charge is 2.35. The Balaban J connectivity index is 1.73. The molecule has 0 amide bonds. The van der Waals surface area contributed by atoms with Crippen molar-refractivity contribution in [3.8, 4) is 0 Å². The van der Waals surface area contributed by atoms with E-state index in [0.717, 1.165) is 19.3 Å². The summed E-state index contributed by atoms with van der Waals surface area (Å²) in [4.78, 5) is 12.2. The van der Waals surface area contributed by atoms with Crippen LogP contribution in [0, 0.1) is 11.8 Å². The molecule has 2 aliphatic carbocycles. The predicted octanol–water partition coefficient (Wildman–Crippen LogP) is 4.33. The zero-order valence-electron chi connectivity index (χ0n) is 11.0. The quantitative estimate of drug-likeness (QED) is 0.754. The number of benzene rings is 1. The third kappa shape index (κ3) is 2.36. The highest BCUT2D eigenvalue weighted by Crippen LogP contribution is 2.42. The number of hydrogen-bond donors (Lipinski definition) is 0. The van der Waals surface area contributed by atoms with E-state index in [0.29, 0.717) is 23.5 Å². The van der Waals surface area contributed by atoms with Crippen molar-refractivity contribution in [1.82, 2.24) is 0 Å². The summed E-state index contributed by atoms with van der Waals surface area (Å²) < 4.78 is 0. The Bertz CT molecular complexity index is 403. The van der Waals surface area contributed by atoms with E-state index in [-0.39, 0.29) is 0 Å². The van der Waals surface area contributed by atoms with Gasteiger partial charge < -0.3 is 0 Å². The molecule has 0 radical (unpaired) electrons. The summed E-state index contributed by atoms with van der Waals surface area (Å²) in [5, 5.41) is 0. The van der Waals surface area contributed by atoms with Crippen molar-refractivity contribution in [2.75, 3.05) is 0 Å². The van der Waals surface area contributed by atoms with E-state index in [1.807, 2.05) is 0 Å². The summed E-state index contributed by atoms with van der Waals surface area (Å²) in [5.41, 5.74) is 1.44. The molecule has 2 aliphatic rings. The van der Waals surface area contributed by atoms with Crippen molar-refractivity contribution >= 4 is 5.78 Å². The van der Waals surface area contributed by atoms with Crippen LogP contribution < -0.4 is 0 Å². The second-order valence-corrected chi connectivity index (χ2v) is 6.00. The van der Waals surface area contributed by atoms with Crippen LogP contribution in [0.1, 0.15) is 56.4 Å². The second kappa shape index (κ2) is 5.26. The molecule has 96 valence electrons. The van der Waals surface area contributed by atoms with Gasteiger partial charge in [0.1, 0.15) is 5.78 Å². The summed E-state index contributed by atoms with van der Waals surface area (Å²) in [5.74, 6) is 2.24. The minimum absolute atomic E-state index is 0.367. The van der Waals surface area contributed by atoms with Crippen molar-refractivity contribution in [3.05, 3.63) is 35.9 Å². The van der Waals surface area contributed by atoms with Gasteiger partial charge in [-0.15, -0.1) is 0 Å². The molecular formula is C17H22O. The molecule has 0 spiro atoms. The van der Waals surface area contributed by atoms with Crippen molar-refractivity contribution in [3.63, 3.8) is 0 Å². The van der Waals surface area contributed by atoms with Crippen molar-refractivity contribution in [1.29, 1.82) is 0 Å². The maximum Gasteiger partial charge on any atom is 0.136 e. The molecule has 2 saturated carbocycles. The highest BCUT2D eigenvalue weighted by molar-refractivity contribution is 5.82. The fourth-order valence-corrected chi connectivity index (χ4v) is 3.90. The summed E-state index contributed by atoms with van der Waals surface area (Å²) in [7, 11) is 0. The molecule has 0 heterocycles. The molecule has 2 atom stereocenters. The molecule has 2 fully saturated rings. The average molecular weight is 242 g/mol. The van der Waals surface area contributed by atoms with Gasteiger partial charge in [0.15, 0.2) is 0 Å². The molecule has 0 bridgehead atoms. The molecule has 1 aromatic carbocycles. The number of ketones is 1. The predicted molar refractivity (Wildman–Crippen MR) is 73.5 cm³/mol. The molecule has 2 unspecified atom stereocenters. The largest absolute Gasteiger partial charge is 0.299 e. The Morgan fingerprint density at radius 1 is 0.944 bits per heavy atom. The number of hydrogen-bond acceptors (Lipinski definition) is 1. The lowest BCUT2D eigenvalue weighted by molar-refractivity contribution is -0.126. The number of Topliss-reactive ketones (excluding diaryl/α,β-unsaturated/α-hetero) is 1. The van der Waals surface area contributed by atoms with E-state index in [1.54, 1.807) is 0 Å². The lowest BCUT2D eigenvalue weighted by atomic mass is 9.71. The first-order valence-corrected chi connectivity index (χ1v) is 7.42. The van der Waals surface area contributed by atoms with E-state index in [4.69, 9.17) is 0 Å². The fraction of sp³-hybridized carbons (Fsp3) is 0.588. The zero-order chi connectivity index (χ0) is 12.4. The fourth-order valence-electron chi connectivity index (χ4n) is 3.90. The van der Waals surface area contributed by atoms with E-state index in [9.17, 15) is 4.79 Å². The molecule has 0 saturated heterocycles. The molecular weight excluding hydrogens is 220 g/mol. The molecule has 18 heavy (non-hydrogen) atoms. The molecule has 1 aromatic rings. The normalized spacial score (nSPS) is 29.7. The van der Waals surface area contributed by atoms with Gasteiger partial charge in [-0.05, 0) is 43.1 Å². The van der Waals surface area contributed by atoms with Gasteiger partial charge in [-0.2, -0.15) is 0 Å². The highest BCUT2D eigenvalue weighted by atomic mass is 16.1. The molecule has 1 nitrogen and oxygen atoms in total. The van der Waals surface area contributed by atoms with Crippen LogP contribution >= 0.6 is 0 Å². The van der Waals surface area contributed by atoms with Crippen molar-refractivity contribution in [2.45, 2.75) is 50.9 Å². The van der Waals surface area contributed by atoms with Crippen LogP contribution in [0.15, 0.2) is 30.3 Å².